The fourth-order valence-corrected chi connectivity index (χ4v) is 14.8. The van der Waals surface area contributed by atoms with Gasteiger partial charge >= 0.3 is 0 Å². The quantitative estimate of drug-likeness (QED) is 0.0896. The molecule has 1 spiro atoms. The van der Waals surface area contributed by atoms with Crippen LogP contribution in [0.1, 0.15) is 91.9 Å². The third-order valence-electron chi connectivity index (χ3n) is 19.0. The van der Waals surface area contributed by atoms with E-state index in [2.05, 4.69) is 33.8 Å². The van der Waals surface area contributed by atoms with Crippen molar-refractivity contribution in [1.82, 2.24) is 0 Å². The van der Waals surface area contributed by atoms with Gasteiger partial charge in [0.15, 0.2) is 24.7 Å². The highest BCUT2D eigenvalue weighted by Crippen LogP contribution is 2.70. The van der Waals surface area contributed by atoms with E-state index in [1.165, 1.54) is 18.4 Å². The molecule has 0 aromatic heterocycles. The van der Waals surface area contributed by atoms with Gasteiger partial charge in [-0.3, -0.25) is 0 Å². The highest BCUT2D eigenvalue weighted by molar-refractivity contribution is 5.26. The highest BCUT2D eigenvalue weighted by Gasteiger charge is 2.69. The first-order chi connectivity index (χ1) is 33.4. The number of aliphatic hydroxyl groups is 11. The summed E-state index contributed by atoms with van der Waals surface area (Å²) < 4.78 is 54.7. The molecule has 3 saturated carbocycles. The fourth-order valence-electron chi connectivity index (χ4n) is 14.8. The molecule has 9 aliphatic rings. The van der Waals surface area contributed by atoms with Crippen LogP contribution in [-0.4, -0.2) is 213 Å². The molecule has 5 heterocycles. The van der Waals surface area contributed by atoms with E-state index >= 15 is 0 Å². The number of rotatable bonds is 15. The number of ether oxygens (including phenoxy) is 9. The normalized spacial score (nSPS) is 52.9. The van der Waals surface area contributed by atoms with Crippen molar-refractivity contribution < 1.29 is 98.8 Å². The molecule has 0 bridgehead atoms. The summed E-state index contributed by atoms with van der Waals surface area (Å²) in [5.41, 5.74) is 1.79. The zero-order chi connectivity index (χ0) is 50.0. The van der Waals surface area contributed by atoms with E-state index in [0.717, 1.165) is 51.6 Å². The van der Waals surface area contributed by atoms with Crippen LogP contribution in [0.4, 0.5) is 0 Å². The van der Waals surface area contributed by atoms with Crippen LogP contribution < -0.4 is 0 Å². The Hall–Kier alpha value is -1.06. The molecule has 20 nitrogen and oxygen atoms in total. The summed E-state index contributed by atoms with van der Waals surface area (Å²) in [6, 6.07) is 0. The van der Waals surface area contributed by atoms with Crippen molar-refractivity contribution in [1.29, 1.82) is 0 Å². The Morgan fingerprint density at radius 1 is 0.671 bits per heavy atom. The predicted octanol–water partition coefficient (Wildman–Crippen LogP) is -0.798. The molecule has 27 atom stereocenters. The van der Waals surface area contributed by atoms with Gasteiger partial charge in [0.2, 0.25) is 0 Å². The molecule has 5 aliphatic heterocycles. The lowest BCUT2D eigenvalue weighted by atomic mass is 9.47. The zero-order valence-electron chi connectivity index (χ0n) is 41.0. The topological polar surface area (TPSA) is 306 Å². The van der Waals surface area contributed by atoms with E-state index in [4.69, 9.17) is 42.6 Å². The summed E-state index contributed by atoms with van der Waals surface area (Å²) in [6.07, 6.45) is -11.1. The second kappa shape index (κ2) is 21.5. The van der Waals surface area contributed by atoms with Gasteiger partial charge in [-0.2, -0.15) is 0 Å². The smallest absolute Gasteiger partial charge is 0.187 e. The predicted molar refractivity (Wildman–Crippen MR) is 242 cm³/mol. The van der Waals surface area contributed by atoms with Crippen molar-refractivity contribution in [2.24, 2.45) is 52.3 Å². The molecule has 4 aliphatic carbocycles. The highest BCUT2D eigenvalue weighted by atomic mass is 16.7. The van der Waals surface area contributed by atoms with Crippen molar-refractivity contribution in [2.75, 3.05) is 46.2 Å². The van der Waals surface area contributed by atoms with Crippen LogP contribution in [0.3, 0.4) is 0 Å². The van der Waals surface area contributed by atoms with Crippen molar-refractivity contribution in [3.8, 4) is 0 Å². The standard InChI is InChI=1S/C50H82O20/c1-23-7-13-50(65-20-23)24(2)35-31(70-50)16-30-28-6-5-26-15-27(8-11-48(26,3)29(28)9-12-49(30,35)4)62-14-10-25(21-63-45-41(59)38(56)36(54)32(17-51)66-45)22-64-46-43(61)40(58)44(34(19-53)68-46)69-47-42(60)39(57)37(55)33(18-52)67-47/h5,23-25,27-47,51-61H,6-22H2,1-4H3/t23-,24+,25-,27+,28-,29+,30+,31+,32-,33-,34-,35+,36-,37-,38+,39+,40-,41-,42-,43-,44-,45+,46+,47-,48+,49+,50-/m1/s1. The van der Waals surface area contributed by atoms with Crippen LogP contribution in [0, 0.1) is 52.3 Å². The minimum Gasteiger partial charge on any atom is -0.394 e. The van der Waals surface area contributed by atoms with E-state index in [1.54, 1.807) is 0 Å². The van der Waals surface area contributed by atoms with Crippen LogP contribution in [0.15, 0.2) is 11.6 Å². The largest absolute Gasteiger partial charge is 0.394 e. The zero-order valence-corrected chi connectivity index (χ0v) is 41.0. The molecule has 0 radical (unpaired) electrons. The van der Waals surface area contributed by atoms with Crippen molar-refractivity contribution in [2.45, 2.75) is 202 Å². The third-order valence-corrected chi connectivity index (χ3v) is 19.0. The molecule has 70 heavy (non-hydrogen) atoms. The van der Waals surface area contributed by atoms with E-state index in [1.807, 2.05) is 0 Å². The van der Waals surface area contributed by atoms with Crippen molar-refractivity contribution >= 4 is 0 Å². The molecule has 11 N–H and O–H groups in total. The summed E-state index contributed by atoms with van der Waals surface area (Å²) in [5.74, 6) is 2.32. The second-order valence-corrected chi connectivity index (χ2v) is 23.0. The van der Waals surface area contributed by atoms with Gasteiger partial charge < -0.3 is 98.8 Å². The number of aliphatic hydroxyl groups excluding tert-OH is 11. The molecular formula is C50H82O20. The van der Waals surface area contributed by atoms with Crippen LogP contribution in [-0.2, 0) is 42.6 Å². The molecule has 5 saturated heterocycles. The van der Waals surface area contributed by atoms with Crippen LogP contribution in [0.5, 0.6) is 0 Å². The Bertz CT molecular complexity index is 1760. The van der Waals surface area contributed by atoms with E-state index < -0.39 is 124 Å². The molecule has 20 heteroatoms. The lowest BCUT2D eigenvalue weighted by molar-refractivity contribution is -0.360. The number of fused-ring (bicyclic) bond motifs is 7. The summed E-state index contributed by atoms with van der Waals surface area (Å²) >= 11 is 0. The van der Waals surface area contributed by atoms with E-state index in [-0.39, 0.29) is 42.9 Å². The van der Waals surface area contributed by atoms with Gasteiger partial charge in [-0.15, -0.1) is 0 Å². The van der Waals surface area contributed by atoms with Gasteiger partial charge in [0.1, 0.15) is 73.2 Å². The van der Waals surface area contributed by atoms with Gasteiger partial charge in [-0.1, -0.05) is 39.3 Å². The fraction of sp³-hybridized carbons (Fsp3) is 0.960. The Morgan fingerprint density at radius 3 is 1.91 bits per heavy atom. The molecule has 0 unspecified atom stereocenters. The minimum absolute atomic E-state index is 0.0308. The maximum atomic E-state index is 11.2. The maximum absolute atomic E-state index is 11.2. The number of hydrogen-bond acceptors (Lipinski definition) is 20. The molecule has 9 rings (SSSR count). The number of allylic oxidation sites excluding steroid dienone is 1. The van der Waals surface area contributed by atoms with Gasteiger partial charge in [0.25, 0.3) is 0 Å². The third kappa shape index (κ3) is 9.73. The van der Waals surface area contributed by atoms with Gasteiger partial charge in [-0.05, 0) is 98.2 Å². The van der Waals surface area contributed by atoms with Crippen LogP contribution in [0.2, 0.25) is 0 Å². The molecule has 402 valence electrons. The van der Waals surface area contributed by atoms with E-state index in [0.29, 0.717) is 41.9 Å². The van der Waals surface area contributed by atoms with Gasteiger partial charge in [0, 0.05) is 24.9 Å². The Morgan fingerprint density at radius 2 is 1.29 bits per heavy atom. The van der Waals surface area contributed by atoms with Crippen LogP contribution >= 0.6 is 0 Å². The second-order valence-electron chi connectivity index (χ2n) is 23.0. The molecule has 0 amide bonds. The summed E-state index contributed by atoms with van der Waals surface area (Å²) in [5, 5.41) is 114. The van der Waals surface area contributed by atoms with E-state index in [9.17, 15) is 56.2 Å². The monoisotopic (exact) mass is 1000 g/mol. The maximum Gasteiger partial charge on any atom is 0.187 e. The van der Waals surface area contributed by atoms with Crippen molar-refractivity contribution in [3.63, 3.8) is 0 Å². The summed E-state index contributed by atoms with van der Waals surface area (Å²) in [7, 11) is 0. The first-order valence-corrected chi connectivity index (χ1v) is 26.1. The summed E-state index contributed by atoms with van der Waals surface area (Å²) in [6.45, 7) is 8.34. The first-order valence-electron chi connectivity index (χ1n) is 26.1. The first kappa shape index (κ1) is 53.8. The SMILES string of the molecule is C[C@@H]1CC[C@@]2(OC1)O[C@H]1C[C@H]3[C@@H]4CC=C5C[C@@H](OCC[C@H](CO[C@H]6O[C@H](CO)[C@@H](O)[C@H](O)[C@H]6O)CO[C@H]6O[C@H](CO)[C@@H](O[C@H]7O[C@H](CO)[C@@H](O)[C@H](O)[C@H]7O)[C@H](O)[C@H]6O)CC[C@]5(C)[C@H]4CC[C@]3(C)[C@H]1[C@@H]2C. The minimum atomic E-state index is -1.82. The van der Waals surface area contributed by atoms with Crippen LogP contribution in [0.25, 0.3) is 0 Å². The Balaban J connectivity index is 0.819. The average molecular weight is 1000 g/mol. The molecule has 0 aromatic carbocycles. The average Bonchev–Trinajstić information content (AvgIpc) is 3.80. The molecular weight excluding hydrogens is 921 g/mol. The number of hydrogen-bond donors (Lipinski definition) is 11. The van der Waals surface area contributed by atoms with Gasteiger partial charge in [-0.25, -0.2) is 0 Å². The lowest BCUT2D eigenvalue weighted by Crippen LogP contribution is -2.64. The Kier molecular flexibility index (Phi) is 16.5. The molecule has 0 aromatic rings. The summed E-state index contributed by atoms with van der Waals surface area (Å²) in [4.78, 5) is 0. The molecule has 8 fully saturated rings. The van der Waals surface area contributed by atoms with Crippen molar-refractivity contribution in [3.05, 3.63) is 11.6 Å². The Labute approximate surface area is 410 Å². The van der Waals surface area contributed by atoms with Gasteiger partial charge in [0.05, 0.1) is 51.8 Å². The lowest BCUT2D eigenvalue weighted by Gasteiger charge is -2.58.